The van der Waals surface area contributed by atoms with Crippen LogP contribution in [0.2, 0.25) is 0 Å². The molecule has 122 valence electrons. The van der Waals surface area contributed by atoms with Gasteiger partial charge in [-0.3, -0.25) is 0 Å². The van der Waals surface area contributed by atoms with Crippen LogP contribution in [0.5, 0.6) is 0 Å². The van der Waals surface area contributed by atoms with E-state index in [0.29, 0.717) is 16.7 Å². The topological polar surface area (TPSA) is 20.2 Å². The molecule has 1 unspecified atom stereocenters. The van der Waals surface area contributed by atoms with Crippen LogP contribution >= 0.6 is 0 Å². The smallest absolute Gasteiger partial charge is 0.0568 e. The van der Waals surface area contributed by atoms with Gasteiger partial charge in [-0.15, -0.1) is 0 Å². The second-order valence-corrected chi connectivity index (χ2v) is 9.68. The molecule has 3 saturated carbocycles. The summed E-state index contributed by atoms with van der Waals surface area (Å²) in [5, 5.41) is 10.4. The van der Waals surface area contributed by atoms with E-state index in [9.17, 15) is 5.11 Å². The fourth-order valence-corrected chi connectivity index (χ4v) is 6.58. The van der Waals surface area contributed by atoms with Crippen molar-refractivity contribution in [3.8, 4) is 0 Å². The lowest BCUT2D eigenvalue weighted by Gasteiger charge is -2.57. The monoisotopic (exact) mass is 292 g/mol. The van der Waals surface area contributed by atoms with Gasteiger partial charge in [0.25, 0.3) is 0 Å². The highest BCUT2D eigenvalue weighted by Gasteiger charge is 2.52. The van der Waals surface area contributed by atoms with Crippen molar-refractivity contribution in [3.05, 3.63) is 0 Å². The number of hydrogen-bond donors (Lipinski definition) is 1. The highest BCUT2D eigenvalue weighted by atomic mass is 16.3. The predicted octanol–water partition coefficient (Wildman–Crippen LogP) is 5.27. The standard InChI is InChI=1S/C20H36O/c1-13-6-7-15-12-17-14(2)18(21)9-11-20(17,5)10-8-16(13)19(15,3)4/h13-18,21H,6-12H2,1-5H3/t13-,14+,15+,16+,17-,18?,20-/m1/s1. The molecular weight excluding hydrogens is 256 g/mol. The van der Waals surface area contributed by atoms with Crippen molar-refractivity contribution in [2.75, 3.05) is 0 Å². The molecular formula is C20H36O. The normalized spacial score (nSPS) is 53.4. The molecule has 0 saturated heterocycles. The maximum Gasteiger partial charge on any atom is 0.0568 e. The van der Waals surface area contributed by atoms with Crippen LogP contribution in [0, 0.1) is 40.4 Å². The van der Waals surface area contributed by atoms with Crippen LogP contribution in [0.4, 0.5) is 0 Å². The summed E-state index contributed by atoms with van der Waals surface area (Å²) < 4.78 is 0. The second-order valence-electron chi connectivity index (χ2n) is 9.68. The molecule has 3 fully saturated rings. The minimum absolute atomic E-state index is 0.0519. The van der Waals surface area contributed by atoms with Gasteiger partial charge in [-0.2, -0.15) is 0 Å². The summed E-state index contributed by atoms with van der Waals surface area (Å²) in [5.74, 6) is 3.92. The third kappa shape index (κ3) is 2.48. The number of fused-ring (bicyclic) bond motifs is 3. The third-order valence-electron chi connectivity index (χ3n) is 8.38. The first-order chi connectivity index (χ1) is 9.75. The highest BCUT2D eigenvalue weighted by molar-refractivity contribution is 5.01. The maximum absolute atomic E-state index is 10.4. The molecule has 1 heteroatoms. The van der Waals surface area contributed by atoms with Gasteiger partial charge in [-0.05, 0) is 78.9 Å². The maximum atomic E-state index is 10.4. The fraction of sp³-hybridized carbons (Fsp3) is 1.00. The van der Waals surface area contributed by atoms with Gasteiger partial charge in [0.05, 0.1) is 6.10 Å². The van der Waals surface area contributed by atoms with E-state index in [1.807, 2.05) is 0 Å². The lowest BCUT2D eigenvalue weighted by Crippen LogP contribution is -2.50. The second kappa shape index (κ2) is 5.25. The Morgan fingerprint density at radius 1 is 0.857 bits per heavy atom. The van der Waals surface area contributed by atoms with Crippen molar-refractivity contribution >= 4 is 0 Å². The Morgan fingerprint density at radius 2 is 1.52 bits per heavy atom. The molecule has 1 nitrogen and oxygen atoms in total. The molecule has 0 spiro atoms. The van der Waals surface area contributed by atoms with E-state index >= 15 is 0 Å². The van der Waals surface area contributed by atoms with Gasteiger partial charge < -0.3 is 5.11 Å². The van der Waals surface area contributed by atoms with Crippen molar-refractivity contribution in [1.82, 2.24) is 0 Å². The molecule has 1 N–H and O–H groups in total. The molecule has 0 aromatic rings. The fourth-order valence-electron chi connectivity index (χ4n) is 6.58. The quantitative estimate of drug-likeness (QED) is 0.644. The molecule has 0 aromatic heterocycles. The molecule has 7 atom stereocenters. The van der Waals surface area contributed by atoms with Crippen LogP contribution < -0.4 is 0 Å². The SMILES string of the molecule is C[C@@H]1CC[C@H]2C[C@@H]3[C@H](C)C(O)CC[C@@]3(C)CC[C@@H]1C2(C)C. The van der Waals surface area contributed by atoms with Gasteiger partial charge in [0.2, 0.25) is 0 Å². The van der Waals surface area contributed by atoms with Crippen molar-refractivity contribution < 1.29 is 5.11 Å². The zero-order valence-electron chi connectivity index (χ0n) is 14.9. The van der Waals surface area contributed by atoms with Gasteiger partial charge in [0.15, 0.2) is 0 Å². The Hall–Kier alpha value is -0.0400. The highest BCUT2D eigenvalue weighted by Crippen LogP contribution is 2.60. The summed E-state index contributed by atoms with van der Waals surface area (Å²) in [5.41, 5.74) is 0.990. The number of hydrogen-bond acceptors (Lipinski definition) is 1. The Balaban J connectivity index is 1.92. The van der Waals surface area contributed by atoms with Gasteiger partial charge in [0, 0.05) is 0 Å². The number of rotatable bonds is 0. The van der Waals surface area contributed by atoms with E-state index in [0.717, 1.165) is 30.1 Å². The van der Waals surface area contributed by atoms with Gasteiger partial charge >= 0.3 is 0 Å². The summed E-state index contributed by atoms with van der Waals surface area (Å²) in [4.78, 5) is 0. The Kier molecular flexibility index (Phi) is 3.96. The average molecular weight is 293 g/mol. The Morgan fingerprint density at radius 3 is 2.24 bits per heavy atom. The Bertz CT molecular complexity index is 387. The van der Waals surface area contributed by atoms with Crippen molar-refractivity contribution in [1.29, 1.82) is 0 Å². The minimum atomic E-state index is -0.0519. The minimum Gasteiger partial charge on any atom is -0.393 e. The summed E-state index contributed by atoms with van der Waals surface area (Å²) >= 11 is 0. The molecule has 3 aliphatic rings. The van der Waals surface area contributed by atoms with Gasteiger partial charge in [-0.1, -0.05) is 41.0 Å². The predicted molar refractivity (Wildman–Crippen MR) is 89.0 cm³/mol. The lowest BCUT2D eigenvalue weighted by molar-refractivity contribution is -0.0988. The van der Waals surface area contributed by atoms with E-state index in [2.05, 4.69) is 34.6 Å². The molecule has 0 aliphatic heterocycles. The van der Waals surface area contributed by atoms with Crippen molar-refractivity contribution in [2.24, 2.45) is 40.4 Å². The first-order valence-corrected chi connectivity index (χ1v) is 9.44. The van der Waals surface area contributed by atoms with E-state index in [-0.39, 0.29) is 6.10 Å². The van der Waals surface area contributed by atoms with Crippen LogP contribution in [-0.2, 0) is 0 Å². The number of aliphatic hydroxyl groups excluding tert-OH is 1. The van der Waals surface area contributed by atoms with E-state index in [1.54, 1.807) is 0 Å². The Labute approximate surface area is 131 Å². The van der Waals surface area contributed by atoms with Crippen LogP contribution in [-0.4, -0.2) is 11.2 Å². The molecule has 3 aliphatic carbocycles. The summed E-state index contributed by atoms with van der Waals surface area (Å²) in [6.45, 7) is 12.5. The van der Waals surface area contributed by atoms with E-state index < -0.39 is 0 Å². The molecule has 0 heterocycles. The van der Waals surface area contributed by atoms with Gasteiger partial charge in [-0.25, -0.2) is 0 Å². The molecule has 0 aromatic carbocycles. The summed E-state index contributed by atoms with van der Waals surface area (Å²) in [7, 11) is 0. The summed E-state index contributed by atoms with van der Waals surface area (Å²) in [6.07, 6.45) is 9.24. The molecule has 3 rings (SSSR count). The molecule has 21 heavy (non-hydrogen) atoms. The largest absolute Gasteiger partial charge is 0.393 e. The van der Waals surface area contributed by atoms with Crippen LogP contribution in [0.1, 0.15) is 79.6 Å². The molecule has 2 bridgehead atoms. The van der Waals surface area contributed by atoms with Crippen LogP contribution in [0.3, 0.4) is 0 Å². The van der Waals surface area contributed by atoms with E-state index in [1.165, 1.54) is 38.5 Å². The molecule has 0 amide bonds. The summed E-state index contributed by atoms with van der Waals surface area (Å²) in [6, 6.07) is 0. The molecule has 0 radical (unpaired) electrons. The van der Waals surface area contributed by atoms with Crippen molar-refractivity contribution in [2.45, 2.75) is 85.7 Å². The zero-order chi connectivity index (χ0) is 15.4. The van der Waals surface area contributed by atoms with E-state index in [4.69, 9.17) is 0 Å². The average Bonchev–Trinajstić information content (AvgIpc) is 2.40. The lowest BCUT2D eigenvalue weighted by atomic mass is 9.48. The zero-order valence-corrected chi connectivity index (χ0v) is 14.9. The van der Waals surface area contributed by atoms with Crippen molar-refractivity contribution in [3.63, 3.8) is 0 Å². The van der Waals surface area contributed by atoms with Gasteiger partial charge in [0.1, 0.15) is 0 Å². The number of aliphatic hydroxyl groups is 1. The first-order valence-electron chi connectivity index (χ1n) is 9.44. The third-order valence-corrected chi connectivity index (χ3v) is 8.38. The first kappa shape index (κ1) is 15.8. The van der Waals surface area contributed by atoms with Crippen LogP contribution in [0.15, 0.2) is 0 Å². The van der Waals surface area contributed by atoms with Crippen LogP contribution in [0.25, 0.3) is 0 Å².